The third kappa shape index (κ3) is 2.46. The maximum atomic E-state index is 12.6. The second-order valence-corrected chi connectivity index (χ2v) is 7.68. The summed E-state index contributed by atoms with van der Waals surface area (Å²) in [4.78, 5) is 27.1. The van der Waals surface area contributed by atoms with Gasteiger partial charge >= 0.3 is 5.97 Å². The average Bonchev–Trinajstić information content (AvgIpc) is 3.05. The number of pyridine rings is 1. The molecule has 2 aromatic rings. The van der Waals surface area contributed by atoms with Crippen LogP contribution in [0.25, 0.3) is 0 Å². The van der Waals surface area contributed by atoms with Crippen molar-refractivity contribution in [3.8, 4) is 11.5 Å². The van der Waals surface area contributed by atoms with Gasteiger partial charge in [0, 0.05) is 42.9 Å². The number of likely N-dealkylation sites (tertiary alicyclic amines) is 1. The summed E-state index contributed by atoms with van der Waals surface area (Å²) in [5, 5.41) is 0. The molecule has 3 aliphatic rings. The van der Waals surface area contributed by atoms with Crippen LogP contribution in [-0.2, 0) is 11.3 Å². The number of rotatable bonds is 3. The van der Waals surface area contributed by atoms with E-state index in [1.807, 2.05) is 28.8 Å². The van der Waals surface area contributed by atoms with Crippen molar-refractivity contribution < 1.29 is 19.0 Å². The van der Waals surface area contributed by atoms with Crippen LogP contribution in [0, 0.1) is 5.92 Å². The summed E-state index contributed by atoms with van der Waals surface area (Å²) in [6.45, 7) is 2.23. The summed E-state index contributed by atoms with van der Waals surface area (Å²) >= 11 is 0. The average molecular weight is 382 g/mol. The predicted molar refractivity (Wildman–Crippen MR) is 101 cm³/mol. The second kappa shape index (κ2) is 6.38. The highest BCUT2D eigenvalue weighted by molar-refractivity contribution is 5.98. The SMILES string of the molecule is COc1ccc2c(c1OC)C(=O)O[C@@H]2N1C[C@@H]2C[C@H](C1)c1cccc(=O)n1C2. The molecule has 0 aliphatic carbocycles. The molecule has 3 atom stereocenters. The number of ether oxygens (including phenoxy) is 3. The van der Waals surface area contributed by atoms with Crippen LogP contribution in [0.4, 0.5) is 0 Å². The van der Waals surface area contributed by atoms with Gasteiger partial charge in [0.2, 0.25) is 0 Å². The largest absolute Gasteiger partial charge is 0.493 e. The van der Waals surface area contributed by atoms with E-state index >= 15 is 0 Å². The summed E-state index contributed by atoms with van der Waals surface area (Å²) in [5.74, 6) is 1.16. The Balaban J connectivity index is 1.50. The molecular weight excluding hydrogens is 360 g/mol. The number of fused-ring (bicyclic) bond motifs is 5. The molecule has 0 saturated carbocycles. The topological polar surface area (TPSA) is 70.0 Å². The van der Waals surface area contributed by atoms with Crippen LogP contribution in [0.1, 0.15) is 40.2 Å². The lowest BCUT2D eigenvalue weighted by molar-refractivity contribution is -0.0490. The molecule has 1 aromatic heterocycles. The van der Waals surface area contributed by atoms with Gasteiger partial charge in [-0.1, -0.05) is 6.07 Å². The molecule has 0 spiro atoms. The van der Waals surface area contributed by atoms with Gasteiger partial charge in [0.05, 0.1) is 14.2 Å². The minimum atomic E-state index is -0.436. The van der Waals surface area contributed by atoms with Gasteiger partial charge in [0.15, 0.2) is 17.7 Å². The lowest BCUT2D eigenvalue weighted by atomic mass is 9.83. The van der Waals surface area contributed by atoms with Gasteiger partial charge in [0.25, 0.3) is 5.56 Å². The zero-order valence-electron chi connectivity index (χ0n) is 15.9. The number of hydrogen-bond donors (Lipinski definition) is 0. The highest BCUT2D eigenvalue weighted by Crippen LogP contribution is 2.46. The Morgan fingerprint density at radius 2 is 1.89 bits per heavy atom. The molecule has 1 saturated heterocycles. The maximum absolute atomic E-state index is 12.6. The Bertz CT molecular complexity index is 1010. The number of piperidine rings is 1. The first-order valence-electron chi connectivity index (χ1n) is 9.50. The van der Waals surface area contributed by atoms with Crippen molar-refractivity contribution in [1.29, 1.82) is 0 Å². The monoisotopic (exact) mass is 382 g/mol. The molecule has 146 valence electrons. The molecule has 7 heteroatoms. The highest BCUT2D eigenvalue weighted by atomic mass is 16.6. The number of carbonyl (C=O) groups is 1. The van der Waals surface area contributed by atoms with Gasteiger partial charge in [-0.2, -0.15) is 0 Å². The molecule has 28 heavy (non-hydrogen) atoms. The predicted octanol–water partition coefficient (Wildman–Crippen LogP) is 2.15. The van der Waals surface area contributed by atoms with Gasteiger partial charge in [0.1, 0.15) is 5.56 Å². The fraction of sp³-hybridized carbons (Fsp3) is 0.429. The smallest absolute Gasteiger partial charge is 0.344 e. The molecular formula is C21H22N2O5. The van der Waals surface area contributed by atoms with Crippen molar-refractivity contribution in [3.05, 3.63) is 57.5 Å². The van der Waals surface area contributed by atoms with Gasteiger partial charge in [-0.15, -0.1) is 0 Å². The molecule has 0 radical (unpaired) electrons. The van der Waals surface area contributed by atoms with Crippen LogP contribution < -0.4 is 15.0 Å². The molecule has 4 heterocycles. The minimum absolute atomic E-state index is 0.0649. The first-order chi connectivity index (χ1) is 13.6. The number of carbonyl (C=O) groups excluding carboxylic acids is 1. The van der Waals surface area contributed by atoms with Gasteiger partial charge in [-0.05, 0) is 30.5 Å². The standard InChI is InChI=1S/C21H22N2O5/c1-26-16-7-6-14-18(19(16)27-2)21(25)28-20(14)22-9-12-8-13(11-22)15-4-3-5-17(24)23(15)10-12/h3-7,12-13,20H,8-11H2,1-2H3/t12-,13+,20-/m0/s1. The van der Waals surface area contributed by atoms with Gasteiger partial charge < -0.3 is 18.8 Å². The Labute approximate surface area is 162 Å². The van der Waals surface area contributed by atoms with Crippen LogP contribution in [0.2, 0.25) is 0 Å². The molecule has 3 aliphatic heterocycles. The fourth-order valence-electron chi connectivity index (χ4n) is 4.98. The summed E-state index contributed by atoms with van der Waals surface area (Å²) < 4.78 is 18.4. The highest BCUT2D eigenvalue weighted by Gasteiger charge is 2.43. The third-order valence-corrected chi connectivity index (χ3v) is 6.11. The van der Waals surface area contributed by atoms with Crippen LogP contribution >= 0.6 is 0 Å². The van der Waals surface area contributed by atoms with Gasteiger partial charge in [-0.25, -0.2) is 4.79 Å². The number of methoxy groups -OCH3 is 2. The molecule has 0 amide bonds. The van der Waals surface area contributed by atoms with Crippen LogP contribution in [0.5, 0.6) is 11.5 Å². The zero-order valence-corrected chi connectivity index (χ0v) is 15.9. The van der Waals surface area contributed by atoms with Crippen molar-refractivity contribution in [2.24, 2.45) is 5.92 Å². The molecule has 2 bridgehead atoms. The van der Waals surface area contributed by atoms with Crippen molar-refractivity contribution in [2.45, 2.75) is 25.1 Å². The Morgan fingerprint density at radius 3 is 2.68 bits per heavy atom. The number of benzene rings is 1. The Kier molecular flexibility index (Phi) is 3.94. The van der Waals surface area contributed by atoms with Crippen molar-refractivity contribution in [3.63, 3.8) is 0 Å². The Hall–Kier alpha value is -2.80. The summed E-state index contributed by atoms with van der Waals surface area (Å²) in [6, 6.07) is 9.18. The molecule has 5 rings (SSSR count). The van der Waals surface area contributed by atoms with E-state index in [2.05, 4.69) is 4.90 Å². The number of hydrogen-bond acceptors (Lipinski definition) is 6. The van der Waals surface area contributed by atoms with E-state index in [4.69, 9.17) is 14.2 Å². The quantitative estimate of drug-likeness (QED) is 0.758. The first-order valence-corrected chi connectivity index (χ1v) is 9.50. The van der Waals surface area contributed by atoms with Crippen LogP contribution in [-0.4, -0.2) is 42.7 Å². The van der Waals surface area contributed by atoms with Crippen molar-refractivity contribution >= 4 is 5.97 Å². The molecule has 0 N–H and O–H groups in total. The van der Waals surface area contributed by atoms with E-state index in [0.717, 1.165) is 30.8 Å². The maximum Gasteiger partial charge on any atom is 0.344 e. The number of nitrogens with zero attached hydrogens (tertiary/aromatic N) is 2. The van der Waals surface area contributed by atoms with E-state index < -0.39 is 6.23 Å². The van der Waals surface area contributed by atoms with Crippen molar-refractivity contribution in [2.75, 3.05) is 27.3 Å². The Morgan fingerprint density at radius 1 is 1.04 bits per heavy atom. The first kappa shape index (κ1) is 17.3. The molecule has 1 aromatic carbocycles. The molecule has 1 fully saturated rings. The summed E-state index contributed by atoms with van der Waals surface area (Å²) in [7, 11) is 3.08. The number of esters is 1. The van der Waals surface area contributed by atoms with Crippen LogP contribution in [0.15, 0.2) is 35.1 Å². The minimum Gasteiger partial charge on any atom is -0.493 e. The van der Waals surface area contributed by atoms with E-state index in [-0.39, 0.29) is 17.4 Å². The summed E-state index contributed by atoms with van der Waals surface area (Å²) in [5.41, 5.74) is 2.40. The van der Waals surface area contributed by atoms with E-state index in [0.29, 0.717) is 29.5 Å². The van der Waals surface area contributed by atoms with Gasteiger partial charge in [-0.3, -0.25) is 9.69 Å². The fourth-order valence-corrected chi connectivity index (χ4v) is 4.98. The number of aromatic nitrogens is 1. The lowest BCUT2D eigenvalue weighted by Gasteiger charge is -2.44. The lowest BCUT2D eigenvalue weighted by Crippen LogP contribution is -2.48. The van der Waals surface area contributed by atoms with E-state index in [9.17, 15) is 9.59 Å². The third-order valence-electron chi connectivity index (χ3n) is 6.11. The van der Waals surface area contributed by atoms with E-state index in [1.54, 1.807) is 13.2 Å². The number of cyclic esters (lactones) is 1. The second-order valence-electron chi connectivity index (χ2n) is 7.68. The van der Waals surface area contributed by atoms with E-state index in [1.165, 1.54) is 7.11 Å². The summed E-state index contributed by atoms with van der Waals surface area (Å²) in [6.07, 6.45) is 0.619. The normalized spacial score (nSPS) is 25.6. The van der Waals surface area contributed by atoms with Crippen LogP contribution in [0.3, 0.4) is 0 Å². The molecule has 0 unspecified atom stereocenters. The zero-order chi connectivity index (χ0) is 19.4. The molecule has 7 nitrogen and oxygen atoms in total. The van der Waals surface area contributed by atoms with Crippen molar-refractivity contribution in [1.82, 2.24) is 9.47 Å².